The molecular weight excluding hydrogens is 350 g/mol. The number of carboxylic acid groups (broad SMARTS) is 1. The summed E-state index contributed by atoms with van der Waals surface area (Å²) in [6, 6.07) is 8.44. The molecule has 0 aliphatic carbocycles. The van der Waals surface area contributed by atoms with Crippen molar-refractivity contribution in [1.29, 1.82) is 0 Å². The van der Waals surface area contributed by atoms with E-state index in [0.29, 0.717) is 16.2 Å². The minimum absolute atomic E-state index is 0.329. The van der Waals surface area contributed by atoms with E-state index in [2.05, 4.69) is 15.9 Å². The van der Waals surface area contributed by atoms with Crippen molar-refractivity contribution in [2.24, 2.45) is 0 Å². The normalized spacial score (nSPS) is 10.6. The highest BCUT2D eigenvalue weighted by molar-refractivity contribution is 9.10. The molecule has 0 radical (unpaired) electrons. The Labute approximate surface area is 126 Å². The Bertz CT molecular complexity index is 662. The fourth-order valence-electron chi connectivity index (χ4n) is 1.57. The monoisotopic (exact) mass is 358 g/mol. The summed E-state index contributed by atoms with van der Waals surface area (Å²) in [5.41, 5.74) is 0.107. The van der Waals surface area contributed by atoms with Crippen LogP contribution in [-0.4, -0.2) is 11.1 Å². The van der Waals surface area contributed by atoms with E-state index in [-0.39, 0.29) is 11.4 Å². The van der Waals surface area contributed by atoms with Gasteiger partial charge in [-0.05, 0) is 42.0 Å². The lowest BCUT2D eigenvalue weighted by Gasteiger charge is -2.06. The first-order valence-corrected chi connectivity index (χ1v) is 7.35. The number of hydrogen-bond donors (Lipinski definition) is 1. The van der Waals surface area contributed by atoms with Crippen molar-refractivity contribution < 1.29 is 18.7 Å². The van der Waals surface area contributed by atoms with Crippen molar-refractivity contribution in [3.8, 4) is 0 Å². The highest BCUT2D eigenvalue weighted by Gasteiger charge is 2.11. The van der Waals surface area contributed by atoms with Gasteiger partial charge in [-0.3, -0.25) is 0 Å². The Hall–Kier alpha value is -1.40. The molecule has 0 aromatic heterocycles. The van der Waals surface area contributed by atoms with Crippen LogP contribution in [0.4, 0.5) is 8.78 Å². The number of rotatable bonds is 4. The van der Waals surface area contributed by atoms with Crippen molar-refractivity contribution in [2.45, 2.75) is 10.6 Å². The SMILES string of the molecule is O=C(O)c1cc(SCc2cc(Br)ccc2F)ccc1F. The molecule has 0 atom stereocenters. The minimum atomic E-state index is -1.32. The Kier molecular flexibility index (Phi) is 4.77. The first kappa shape index (κ1) is 15.0. The predicted octanol–water partition coefficient (Wildman–Crippen LogP) is 4.72. The zero-order valence-electron chi connectivity index (χ0n) is 10.1. The summed E-state index contributed by atoms with van der Waals surface area (Å²) in [5.74, 6) is -2.11. The molecule has 0 saturated heterocycles. The lowest BCUT2D eigenvalue weighted by Crippen LogP contribution is -2.00. The van der Waals surface area contributed by atoms with Gasteiger partial charge >= 0.3 is 5.97 Å². The van der Waals surface area contributed by atoms with Gasteiger partial charge in [0.25, 0.3) is 0 Å². The maximum absolute atomic E-state index is 13.6. The first-order chi connectivity index (χ1) is 9.47. The Morgan fingerprint density at radius 1 is 1.15 bits per heavy atom. The van der Waals surface area contributed by atoms with E-state index < -0.39 is 11.8 Å². The van der Waals surface area contributed by atoms with E-state index in [1.807, 2.05) is 0 Å². The third-order valence-electron chi connectivity index (χ3n) is 2.57. The van der Waals surface area contributed by atoms with E-state index in [1.54, 1.807) is 12.1 Å². The largest absolute Gasteiger partial charge is 0.478 e. The maximum Gasteiger partial charge on any atom is 0.338 e. The van der Waals surface area contributed by atoms with Crippen LogP contribution in [0.15, 0.2) is 45.8 Å². The van der Waals surface area contributed by atoms with Crippen LogP contribution in [0.25, 0.3) is 0 Å². The van der Waals surface area contributed by atoms with E-state index in [4.69, 9.17) is 5.11 Å². The molecule has 0 aliphatic rings. The van der Waals surface area contributed by atoms with Crippen molar-refractivity contribution in [2.75, 3.05) is 0 Å². The van der Waals surface area contributed by atoms with Gasteiger partial charge in [-0.15, -0.1) is 11.8 Å². The minimum Gasteiger partial charge on any atom is -0.478 e. The molecule has 2 nitrogen and oxygen atoms in total. The number of halogens is 3. The fraction of sp³-hybridized carbons (Fsp3) is 0.0714. The van der Waals surface area contributed by atoms with Gasteiger partial charge in [-0.2, -0.15) is 0 Å². The number of benzene rings is 2. The molecule has 0 saturated carbocycles. The van der Waals surface area contributed by atoms with Gasteiger partial charge in [0.05, 0.1) is 5.56 Å². The second-order valence-corrected chi connectivity index (χ2v) is 5.94. The molecule has 2 aromatic rings. The number of hydrogen-bond acceptors (Lipinski definition) is 2. The summed E-state index contributed by atoms with van der Waals surface area (Å²) in [6.07, 6.45) is 0. The molecule has 1 N–H and O–H groups in total. The van der Waals surface area contributed by atoms with Crippen molar-refractivity contribution in [3.05, 3.63) is 63.6 Å². The highest BCUT2D eigenvalue weighted by Crippen LogP contribution is 2.27. The van der Waals surface area contributed by atoms with Gasteiger partial charge in [-0.1, -0.05) is 15.9 Å². The smallest absolute Gasteiger partial charge is 0.338 e. The number of carbonyl (C=O) groups is 1. The van der Waals surface area contributed by atoms with Gasteiger partial charge in [-0.25, -0.2) is 13.6 Å². The molecule has 0 fully saturated rings. The van der Waals surface area contributed by atoms with Crippen LogP contribution in [0.5, 0.6) is 0 Å². The highest BCUT2D eigenvalue weighted by atomic mass is 79.9. The van der Waals surface area contributed by atoms with Crippen LogP contribution in [0.2, 0.25) is 0 Å². The van der Waals surface area contributed by atoms with Gasteiger partial charge < -0.3 is 5.11 Å². The zero-order chi connectivity index (χ0) is 14.7. The molecule has 20 heavy (non-hydrogen) atoms. The quantitative estimate of drug-likeness (QED) is 0.803. The van der Waals surface area contributed by atoms with Crippen LogP contribution in [0.1, 0.15) is 15.9 Å². The number of thioether (sulfide) groups is 1. The van der Waals surface area contributed by atoms with Crippen molar-refractivity contribution >= 4 is 33.7 Å². The van der Waals surface area contributed by atoms with E-state index >= 15 is 0 Å². The van der Waals surface area contributed by atoms with Crippen LogP contribution in [0.3, 0.4) is 0 Å². The Morgan fingerprint density at radius 3 is 2.55 bits per heavy atom. The number of carboxylic acids is 1. The zero-order valence-corrected chi connectivity index (χ0v) is 12.5. The third-order valence-corrected chi connectivity index (χ3v) is 4.11. The Morgan fingerprint density at radius 2 is 1.85 bits per heavy atom. The third kappa shape index (κ3) is 3.58. The average Bonchev–Trinajstić information content (AvgIpc) is 2.41. The maximum atomic E-state index is 13.6. The van der Waals surface area contributed by atoms with Crippen LogP contribution >= 0.6 is 27.7 Å². The second kappa shape index (κ2) is 6.37. The summed E-state index contributed by atoms with van der Waals surface area (Å²) >= 11 is 4.51. The first-order valence-electron chi connectivity index (χ1n) is 5.57. The van der Waals surface area contributed by atoms with Gasteiger partial charge in [0, 0.05) is 15.1 Å². The molecular formula is C14H9BrF2O2S. The number of aromatic carboxylic acids is 1. The average molecular weight is 359 g/mol. The van der Waals surface area contributed by atoms with Crippen LogP contribution in [-0.2, 0) is 5.75 Å². The summed E-state index contributed by atoms with van der Waals surface area (Å²) < 4.78 is 27.6. The topological polar surface area (TPSA) is 37.3 Å². The molecule has 104 valence electrons. The molecule has 0 aliphatic heterocycles. The van der Waals surface area contributed by atoms with Crippen LogP contribution < -0.4 is 0 Å². The fourth-order valence-corrected chi connectivity index (χ4v) is 2.89. The van der Waals surface area contributed by atoms with Crippen molar-refractivity contribution in [3.63, 3.8) is 0 Å². The lowest BCUT2D eigenvalue weighted by molar-refractivity contribution is 0.0691. The predicted molar refractivity (Wildman–Crippen MR) is 77.0 cm³/mol. The lowest BCUT2D eigenvalue weighted by atomic mass is 10.2. The molecule has 2 aromatic carbocycles. The molecule has 0 amide bonds. The summed E-state index contributed by atoms with van der Waals surface area (Å²) in [7, 11) is 0. The molecule has 6 heteroatoms. The molecule has 0 heterocycles. The van der Waals surface area contributed by atoms with E-state index in [1.165, 1.54) is 30.0 Å². The standard InChI is InChI=1S/C14H9BrF2O2S/c15-9-1-3-12(16)8(5-9)7-20-10-2-4-13(17)11(6-10)14(18)19/h1-6H,7H2,(H,18,19). The molecule has 2 rings (SSSR count). The summed E-state index contributed by atoms with van der Waals surface area (Å²) in [5, 5.41) is 8.84. The van der Waals surface area contributed by atoms with Crippen LogP contribution in [0, 0.1) is 11.6 Å². The summed E-state index contributed by atoms with van der Waals surface area (Å²) in [6.45, 7) is 0. The summed E-state index contributed by atoms with van der Waals surface area (Å²) in [4.78, 5) is 11.4. The molecule has 0 unspecified atom stereocenters. The van der Waals surface area contributed by atoms with E-state index in [9.17, 15) is 13.6 Å². The van der Waals surface area contributed by atoms with E-state index in [0.717, 1.165) is 10.5 Å². The van der Waals surface area contributed by atoms with Crippen molar-refractivity contribution in [1.82, 2.24) is 0 Å². The molecule has 0 spiro atoms. The Balaban J connectivity index is 2.17. The molecule has 0 bridgehead atoms. The van der Waals surface area contributed by atoms with Gasteiger partial charge in [0.15, 0.2) is 0 Å². The van der Waals surface area contributed by atoms with Gasteiger partial charge in [0.1, 0.15) is 11.6 Å². The second-order valence-electron chi connectivity index (χ2n) is 3.97. The van der Waals surface area contributed by atoms with Gasteiger partial charge in [0.2, 0.25) is 0 Å².